The van der Waals surface area contributed by atoms with E-state index in [1.165, 1.54) is 0 Å². The van der Waals surface area contributed by atoms with Gasteiger partial charge in [0.25, 0.3) is 0 Å². The number of carbonyl (C=O) groups is 1. The Balaban J connectivity index is 2.73. The lowest BCUT2D eigenvalue weighted by molar-refractivity contribution is -0.300. The van der Waals surface area contributed by atoms with E-state index in [1.54, 1.807) is 31.2 Å². The fourth-order valence-electron chi connectivity index (χ4n) is 1.04. The van der Waals surface area contributed by atoms with Crippen LogP contribution < -0.4 is 4.74 Å². The monoisotopic (exact) mass is 222 g/mol. The average molecular weight is 222 g/mol. The van der Waals surface area contributed by atoms with Crippen LogP contribution in [0.2, 0.25) is 0 Å². The van der Waals surface area contributed by atoms with E-state index in [1.807, 2.05) is 6.07 Å². The molecule has 0 heterocycles. The van der Waals surface area contributed by atoms with Crippen LogP contribution in [0.15, 0.2) is 43.0 Å². The molecule has 0 spiro atoms. The minimum Gasteiger partial charge on any atom is -0.430 e. The van der Waals surface area contributed by atoms with Crippen LogP contribution in [0.25, 0.3) is 0 Å². The smallest absolute Gasteiger partial charge is 0.371 e. The van der Waals surface area contributed by atoms with Gasteiger partial charge in [-0.05, 0) is 12.1 Å². The van der Waals surface area contributed by atoms with Gasteiger partial charge in [0.15, 0.2) is 0 Å². The molecular formula is C12H14O4. The predicted octanol–water partition coefficient (Wildman–Crippen LogP) is 1.85. The summed E-state index contributed by atoms with van der Waals surface area (Å²) in [4.78, 5) is 11.0. The molecule has 0 aliphatic heterocycles. The summed E-state index contributed by atoms with van der Waals surface area (Å²) in [5.74, 6) is -2.27. The summed E-state index contributed by atoms with van der Waals surface area (Å²) < 4.78 is 9.90. The van der Waals surface area contributed by atoms with E-state index >= 15 is 0 Å². The Morgan fingerprint density at radius 3 is 2.62 bits per heavy atom. The molecule has 1 atom stereocenters. The van der Waals surface area contributed by atoms with Gasteiger partial charge in [-0.1, -0.05) is 31.7 Å². The number of ether oxygens (including phenoxy) is 2. The molecule has 0 aromatic heterocycles. The molecule has 0 aliphatic rings. The summed E-state index contributed by atoms with van der Waals surface area (Å²) in [6.07, 6.45) is 1.08. The van der Waals surface area contributed by atoms with Gasteiger partial charge in [0, 0.05) is 6.08 Å². The van der Waals surface area contributed by atoms with Gasteiger partial charge in [-0.3, -0.25) is 0 Å². The third-order valence-electron chi connectivity index (χ3n) is 1.89. The van der Waals surface area contributed by atoms with Crippen molar-refractivity contribution >= 4 is 5.97 Å². The first-order valence-corrected chi connectivity index (χ1v) is 4.91. The first-order valence-electron chi connectivity index (χ1n) is 4.91. The molecule has 0 amide bonds. The molecule has 0 bridgehead atoms. The van der Waals surface area contributed by atoms with Gasteiger partial charge in [0.1, 0.15) is 5.75 Å². The van der Waals surface area contributed by atoms with Crippen molar-refractivity contribution in [1.82, 2.24) is 0 Å². The second kappa shape index (κ2) is 5.32. The second-order valence-corrected chi connectivity index (χ2v) is 3.11. The van der Waals surface area contributed by atoms with E-state index in [4.69, 9.17) is 9.47 Å². The first-order chi connectivity index (χ1) is 7.59. The minimum atomic E-state index is -1.95. The van der Waals surface area contributed by atoms with Gasteiger partial charge >= 0.3 is 11.9 Å². The zero-order valence-electron chi connectivity index (χ0n) is 9.05. The number of hydrogen-bond acceptors (Lipinski definition) is 4. The van der Waals surface area contributed by atoms with Crippen LogP contribution in [-0.4, -0.2) is 17.0 Å². The molecular weight excluding hydrogens is 208 g/mol. The van der Waals surface area contributed by atoms with E-state index in [0.29, 0.717) is 5.75 Å². The number of carbonyl (C=O) groups excluding carboxylic acids is 1. The Hall–Kier alpha value is -1.81. The van der Waals surface area contributed by atoms with Crippen molar-refractivity contribution in [2.45, 2.75) is 19.3 Å². The molecule has 1 aromatic rings. The van der Waals surface area contributed by atoms with E-state index in [9.17, 15) is 9.90 Å². The summed E-state index contributed by atoms with van der Waals surface area (Å²) in [7, 11) is 0. The molecule has 0 fully saturated rings. The zero-order chi connectivity index (χ0) is 12.0. The Kier molecular flexibility index (Phi) is 4.08. The van der Waals surface area contributed by atoms with Crippen molar-refractivity contribution in [3.8, 4) is 5.75 Å². The van der Waals surface area contributed by atoms with Crippen LogP contribution in [0.3, 0.4) is 0 Å². The molecule has 1 aromatic carbocycles. The van der Waals surface area contributed by atoms with Gasteiger partial charge in [-0.15, -0.1) is 0 Å². The van der Waals surface area contributed by atoms with Crippen LogP contribution in [-0.2, 0) is 9.53 Å². The Bertz CT molecular complexity index is 361. The molecule has 1 unspecified atom stereocenters. The highest BCUT2D eigenvalue weighted by Gasteiger charge is 2.31. The van der Waals surface area contributed by atoms with Crippen molar-refractivity contribution in [3.05, 3.63) is 43.0 Å². The highest BCUT2D eigenvalue weighted by atomic mass is 16.8. The number of para-hydroxylation sites is 1. The summed E-state index contributed by atoms with van der Waals surface area (Å²) in [6, 6.07) is 8.62. The SMILES string of the molecule is C=CC(=O)OC(O)(CC)Oc1ccccc1. The van der Waals surface area contributed by atoms with Crippen LogP contribution >= 0.6 is 0 Å². The highest BCUT2D eigenvalue weighted by molar-refractivity contribution is 5.81. The zero-order valence-corrected chi connectivity index (χ0v) is 9.05. The van der Waals surface area contributed by atoms with Crippen molar-refractivity contribution in [1.29, 1.82) is 0 Å². The van der Waals surface area contributed by atoms with Crippen LogP contribution in [0.1, 0.15) is 13.3 Å². The molecule has 1 rings (SSSR count). The number of aliphatic hydroxyl groups is 1. The molecule has 1 N–H and O–H groups in total. The molecule has 4 nitrogen and oxygen atoms in total. The van der Waals surface area contributed by atoms with Crippen LogP contribution in [0.5, 0.6) is 5.75 Å². The predicted molar refractivity (Wildman–Crippen MR) is 58.6 cm³/mol. The van der Waals surface area contributed by atoms with E-state index in [-0.39, 0.29) is 6.42 Å². The van der Waals surface area contributed by atoms with Crippen molar-refractivity contribution < 1.29 is 19.4 Å². The fraction of sp³-hybridized carbons (Fsp3) is 0.250. The molecule has 16 heavy (non-hydrogen) atoms. The Morgan fingerprint density at radius 2 is 2.12 bits per heavy atom. The maximum absolute atomic E-state index is 11.0. The van der Waals surface area contributed by atoms with E-state index in [2.05, 4.69) is 6.58 Å². The van der Waals surface area contributed by atoms with Crippen molar-refractivity contribution in [2.75, 3.05) is 0 Å². The Labute approximate surface area is 94.1 Å². The van der Waals surface area contributed by atoms with Crippen molar-refractivity contribution in [2.24, 2.45) is 0 Å². The molecule has 0 aliphatic carbocycles. The standard InChI is InChI=1S/C12H14O4/c1-3-11(13)16-12(14,4-2)15-10-8-6-5-7-9-10/h3,5-9,14H,1,4H2,2H3. The first kappa shape index (κ1) is 12.3. The lowest BCUT2D eigenvalue weighted by Crippen LogP contribution is -2.40. The summed E-state index contributed by atoms with van der Waals surface area (Å²) >= 11 is 0. The van der Waals surface area contributed by atoms with Gasteiger partial charge in [0.05, 0.1) is 6.42 Å². The van der Waals surface area contributed by atoms with Gasteiger partial charge in [-0.25, -0.2) is 4.79 Å². The molecule has 0 radical (unpaired) electrons. The topological polar surface area (TPSA) is 55.8 Å². The molecule has 0 saturated carbocycles. The normalized spacial score (nSPS) is 13.6. The minimum absolute atomic E-state index is 0.113. The number of hydrogen-bond donors (Lipinski definition) is 1. The maximum atomic E-state index is 11.0. The largest absolute Gasteiger partial charge is 0.430 e. The fourth-order valence-corrected chi connectivity index (χ4v) is 1.04. The van der Waals surface area contributed by atoms with Gasteiger partial charge in [0.2, 0.25) is 0 Å². The van der Waals surface area contributed by atoms with E-state index in [0.717, 1.165) is 6.08 Å². The number of benzene rings is 1. The van der Waals surface area contributed by atoms with Gasteiger partial charge in [-0.2, -0.15) is 0 Å². The highest BCUT2D eigenvalue weighted by Crippen LogP contribution is 2.20. The summed E-state index contributed by atoms with van der Waals surface area (Å²) in [5, 5.41) is 9.86. The number of esters is 1. The van der Waals surface area contributed by atoms with E-state index < -0.39 is 11.9 Å². The molecule has 4 heteroatoms. The quantitative estimate of drug-likeness (QED) is 0.469. The lowest BCUT2D eigenvalue weighted by atomic mass is 10.3. The maximum Gasteiger partial charge on any atom is 0.371 e. The molecule has 0 saturated heterocycles. The second-order valence-electron chi connectivity index (χ2n) is 3.11. The third-order valence-corrected chi connectivity index (χ3v) is 1.89. The third kappa shape index (κ3) is 3.40. The average Bonchev–Trinajstić information content (AvgIpc) is 2.30. The lowest BCUT2D eigenvalue weighted by Gasteiger charge is -2.26. The summed E-state index contributed by atoms with van der Waals surface area (Å²) in [5.41, 5.74) is 0. The summed E-state index contributed by atoms with van der Waals surface area (Å²) in [6.45, 7) is 4.88. The van der Waals surface area contributed by atoms with Crippen LogP contribution in [0.4, 0.5) is 0 Å². The van der Waals surface area contributed by atoms with Gasteiger partial charge < -0.3 is 14.6 Å². The van der Waals surface area contributed by atoms with Crippen molar-refractivity contribution in [3.63, 3.8) is 0 Å². The Morgan fingerprint density at radius 1 is 1.50 bits per heavy atom. The molecule has 86 valence electrons. The number of rotatable bonds is 5. The van der Waals surface area contributed by atoms with Crippen LogP contribution in [0, 0.1) is 0 Å².